The molecule has 0 saturated heterocycles. The van der Waals surface area contributed by atoms with Crippen molar-refractivity contribution in [1.29, 1.82) is 0 Å². The van der Waals surface area contributed by atoms with Crippen LogP contribution in [0.15, 0.2) is 12.4 Å². The molecule has 108 valence electrons. The van der Waals surface area contributed by atoms with Gasteiger partial charge >= 0.3 is 0 Å². The minimum atomic E-state index is 0.102. The molecule has 1 aliphatic carbocycles. The van der Waals surface area contributed by atoms with Crippen molar-refractivity contribution in [3.63, 3.8) is 0 Å². The van der Waals surface area contributed by atoms with E-state index in [2.05, 4.69) is 29.2 Å². The van der Waals surface area contributed by atoms with Gasteiger partial charge in [0.25, 0.3) is 0 Å². The van der Waals surface area contributed by atoms with Gasteiger partial charge < -0.3 is 19.7 Å². The predicted molar refractivity (Wildman–Crippen MR) is 76.3 cm³/mol. The Morgan fingerprint density at radius 1 is 1.42 bits per heavy atom. The number of hydrogen-bond donors (Lipinski definition) is 2. The summed E-state index contributed by atoms with van der Waals surface area (Å²) in [6.07, 6.45) is 9.44. The standard InChI is InChI=1S/C15H26N2O2/c1-2-6-16-15-5-3-4-13-11-17(12-14(13)15)7-9-19-10-8-18/h11-12,15-16,18H,2-10H2,1H3. The average Bonchev–Trinajstić information content (AvgIpc) is 2.84. The Morgan fingerprint density at radius 3 is 3.11 bits per heavy atom. The molecule has 19 heavy (non-hydrogen) atoms. The SMILES string of the molecule is CCCNC1CCCc2cn(CCOCCO)cc21. The van der Waals surface area contributed by atoms with Crippen LogP contribution in [0.2, 0.25) is 0 Å². The topological polar surface area (TPSA) is 46.4 Å². The summed E-state index contributed by atoms with van der Waals surface area (Å²) in [6, 6.07) is 0.531. The van der Waals surface area contributed by atoms with Gasteiger partial charge in [0.2, 0.25) is 0 Å². The highest BCUT2D eigenvalue weighted by atomic mass is 16.5. The molecule has 0 bridgehead atoms. The number of nitrogens with zero attached hydrogens (tertiary/aromatic N) is 1. The third-order valence-corrected chi connectivity index (χ3v) is 3.68. The van der Waals surface area contributed by atoms with Gasteiger partial charge in [-0.15, -0.1) is 0 Å². The maximum atomic E-state index is 8.67. The molecular weight excluding hydrogens is 240 g/mol. The summed E-state index contributed by atoms with van der Waals surface area (Å²) in [6.45, 7) is 5.37. The molecule has 1 aromatic rings. The van der Waals surface area contributed by atoms with E-state index in [1.165, 1.54) is 36.8 Å². The van der Waals surface area contributed by atoms with E-state index >= 15 is 0 Å². The molecule has 1 aliphatic rings. The van der Waals surface area contributed by atoms with Crippen molar-refractivity contribution >= 4 is 0 Å². The minimum absolute atomic E-state index is 0.102. The Kier molecular flexibility index (Phi) is 5.89. The lowest BCUT2D eigenvalue weighted by molar-refractivity contribution is 0.0870. The first kappa shape index (κ1) is 14.6. The Hall–Kier alpha value is -0.840. The van der Waals surface area contributed by atoms with Crippen molar-refractivity contribution in [1.82, 2.24) is 9.88 Å². The fraction of sp³-hybridized carbons (Fsp3) is 0.733. The van der Waals surface area contributed by atoms with E-state index in [1.807, 2.05) is 0 Å². The zero-order valence-corrected chi connectivity index (χ0v) is 11.9. The molecule has 2 rings (SSSR count). The van der Waals surface area contributed by atoms with Gasteiger partial charge in [0, 0.05) is 25.0 Å². The van der Waals surface area contributed by atoms with E-state index in [1.54, 1.807) is 0 Å². The molecule has 1 aromatic heterocycles. The molecule has 1 atom stereocenters. The fourth-order valence-corrected chi connectivity index (χ4v) is 2.74. The van der Waals surface area contributed by atoms with Crippen LogP contribution in [0, 0.1) is 0 Å². The molecule has 2 N–H and O–H groups in total. The molecular formula is C15H26N2O2. The second-order valence-electron chi connectivity index (χ2n) is 5.21. The van der Waals surface area contributed by atoms with Crippen molar-refractivity contribution < 1.29 is 9.84 Å². The van der Waals surface area contributed by atoms with Gasteiger partial charge in [-0.05, 0) is 43.4 Å². The number of ether oxygens (including phenoxy) is 1. The van der Waals surface area contributed by atoms with Gasteiger partial charge in [-0.2, -0.15) is 0 Å². The number of aliphatic hydroxyl groups excluding tert-OH is 1. The predicted octanol–water partition coefficient (Wildman–Crippen LogP) is 1.87. The van der Waals surface area contributed by atoms with Crippen molar-refractivity contribution in [3.8, 4) is 0 Å². The first-order chi connectivity index (χ1) is 9.35. The van der Waals surface area contributed by atoms with Gasteiger partial charge in [0.05, 0.1) is 19.8 Å². The molecule has 0 amide bonds. The molecule has 0 aliphatic heterocycles. The van der Waals surface area contributed by atoms with Crippen molar-refractivity contribution in [3.05, 3.63) is 23.5 Å². The van der Waals surface area contributed by atoms with Crippen LogP contribution in [0.1, 0.15) is 43.4 Å². The first-order valence-electron chi connectivity index (χ1n) is 7.45. The Labute approximate surface area is 115 Å². The summed E-state index contributed by atoms with van der Waals surface area (Å²) in [5, 5.41) is 12.3. The number of nitrogens with one attached hydrogen (secondary N) is 1. The number of hydrogen-bond acceptors (Lipinski definition) is 3. The quantitative estimate of drug-likeness (QED) is 0.706. The summed E-state index contributed by atoms with van der Waals surface area (Å²) in [5.74, 6) is 0. The number of aromatic nitrogens is 1. The summed E-state index contributed by atoms with van der Waals surface area (Å²) >= 11 is 0. The van der Waals surface area contributed by atoms with E-state index in [9.17, 15) is 0 Å². The number of aliphatic hydroxyl groups is 1. The van der Waals surface area contributed by atoms with Crippen LogP contribution in [0.4, 0.5) is 0 Å². The van der Waals surface area contributed by atoms with Crippen LogP contribution < -0.4 is 5.32 Å². The van der Waals surface area contributed by atoms with Crippen LogP contribution in [-0.2, 0) is 17.7 Å². The largest absolute Gasteiger partial charge is 0.394 e. The number of fused-ring (bicyclic) bond motifs is 1. The van der Waals surface area contributed by atoms with E-state index in [0.717, 1.165) is 13.1 Å². The lowest BCUT2D eigenvalue weighted by Gasteiger charge is -2.23. The van der Waals surface area contributed by atoms with Gasteiger partial charge in [-0.25, -0.2) is 0 Å². The Morgan fingerprint density at radius 2 is 2.32 bits per heavy atom. The highest BCUT2D eigenvalue weighted by molar-refractivity contribution is 5.30. The molecule has 4 heteroatoms. The van der Waals surface area contributed by atoms with E-state index in [-0.39, 0.29) is 6.61 Å². The fourth-order valence-electron chi connectivity index (χ4n) is 2.74. The van der Waals surface area contributed by atoms with Crippen molar-refractivity contribution in [2.24, 2.45) is 0 Å². The minimum Gasteiger partial charge on any atom is -0.394 e. The van der Waals surface area contributed by atoms with Gasteiger partial charge in [0.15, 0.2) is 0 Å². The maximum absolute atomic E-state index is 8.67. The summed E-state index contributed by atoms with van der Waals surface area (Å²) in [4.78, 5) is 0. The first-order valence-corrected chi connectivity index (χ1v) is 7.45. The highest BCUT2D eigenvalue weighted by Crippen LogP contribution is 2.30. The molecule has 0 fully saturated rings. The molecule has 0 aromatic carbocycles. The van der Waals surface area contributed by atoms with Crippen LogP contribution >= 0.6 is 0 Å². The van der Waals surface area contributed by atoms with Crippen molar-refractivity contribution in [2.45, 2.75) is 45.2 Å². The van der Waals surface area contributed by atoms with E-state index in [0.29, 0.717) is 19.3 Å². The van der Waals surface area contributed by atoms with Gasteiger partial charge in [-0.3, -0.25) is 0 Å². The molecule has 1 heterocycles. The van der Waals surface area contributed by atoms with Gasteiger partial charge in [0.1, 0.15) is 0 Å². The summed E-state index contributed by atoms with van der Waals surface area (Å²) < 4.78 is 7.55. The van der Waals surface area contributed by atoms with Gasteiger partial charge in [-0.1, -0.05) is 6.92 Å². The summed E-state index contributed by atoms with van der Waals surface area (Å²) in [7, 11) is 0. The lowest BCUT2D eigenvalue weighted by atomic mass is 9.91. The molecule has 0 spiro atoms. The zero-order chi connectivity index (χ0) is 13.5. The van der Waals surface area contributed by atoms with E-state index < -0.39 is 0 Å². The van der Waals surface area contributed by atoms with Crippen LogP contribution in [0.5, 0.6) is 0 Å². The highest BCUT2D eigenvalue weighted by Gasteiger charge is 2.21. The third-order valence-electron chi connectivity index (χ3n) is 3.68. The van der Waals surface area contributed by atoms with Crippen molar-refractivity contribution in [2.75, 3.05) is 26.4 Å². The maximum Gasteiger partial charge on any atom is 0.0698 e. The number of rotatable bonds is 8. The van der Waals surface area contributed by atoms with E-state index in [4.69, 9.17) is 9.84 Å². The van der Waals surface area contributed by atoms with Crippen LogP contribution in [-0.4, -0.2) is 36.0 Å². The lowest BCUT2D eigenvalue weighted by Crippen LogP contribution is -2.24. The Balaban J connectivity index is 1.92. The molecule has 0 saturated carbocycles. The molecule has 4 nitrogen and oxygen atoms in total. The third kappa shape index (κ3) is 4.06. The monoisotopic (exact) mass is 266 g/mol. The zero-order valence-electron chi connectivity index (χ0n) is 11.9. The second-order valence-corrected chi connectivity index (χ2v) is 5.21. The smallest absolute Gasteiger partial charge is 0.0698 e. The molecule has 0 radical (unpaired) electrons. The second kappa shape index (κ2) is 7.68. The van der Waals surface area contributed by atoms with Crippen LogP contribution in [0.3, 0.4) is 0 Å². The summed E-state index contributed by atoms with van der Waals surface area (Å²) in [5.41, 5.74) is 2.96. The number of aryl methyl sites for hydroxylation is 1. The van der Waals surface area contributed by atoms with Crippen LogP contribution in [0.25, 0.3) is 0 Å². The average molecular weight is 266 g/mol. The Bertz CT molecular complexity index is 376. The normalized spacial score (nSPS) is 18.5. The molecule has 1 unspecified atom stereocenters.